The van der Waals surface area contributed by atoms with Crippen LogP contribution in [-0.2, 0) is 19.7 Å². The van der Waals surface area contributed by atoms with Crippen LogP contribution in [0.5, 0.6) is 0 Å². The molecule has 0 N–H and O–H groups in total. The Hall–Kier alpha value is -3.54. The summed E-state index contributed by atoms with van der Waals surface area (Å²) in [5.41, 5.74) is 8.15. The Morgan fingerprint density at radius 2 is 0.677 bits per heavy atom. The number of hydrogen-bond acceptors (Lipinski definition) is 12. The summed E-state index contributed by atoms with van der Waals surface area (Å²) in [5.74, 6) is 0. The highest BCUT2D eigenvalue weighted by Gasteiger charge is 2.39. The fourth-order valence-corrected chi connectivity index (χ4v) is 22.0. The Balaban J connectivity index is 0.000000159. The lowest BCUT2D eigenvalue weighted by atomic mass is 10.1. The van der Waals surface area contributed by atoms with Gasteiger partial charge in [-0.2, -0.15) is 0 Å². The van der Waals surface area contributed by atoms with Gasteiger partial charge in [0.1, 0.15) is 0 Å². The van der Waals surface area contributed by atoms with E-state index in [1.165, 1.54) is 40.4 Å². The Kier molecular flexibility index (Phi) is 11.8. The smallest absolute Gasteiger partial charge is 0.209 e. The molecule has 0 amide bonds. The summed E-state index contributed by atoms with van der Waals surface area (Å²) in [6.07, 6.45) is 0. The van der Waals surface area contributed by atoms with Crippen molar-refractivity contribution in [3.63, 3.8) is 0 Å². The summed E-state index contributed by atoms with van der Waals surface area (Å²) in [6, 6.07) is 24.4. The van der Waals surface area contributed by atoms with E-state index in [0.717, 1.165) is 62.7 Å². The van der Waals surface area contributed by atoms with Gasteiger partial charge in [0.2, 0.25) is 19.7 Å². The van der Waals surface area contributed by atoms with E-state index in [1.807, 2.05) is 87.0 Å². The highest BCUT2D eigenvalue weighted by molar-refractivity contribution is 8.10. The van der Waals surface area contributed by atoms with E-state index >= 15 is 0 Å². The molecule has 2 aliphatic rings. The molecule has 0 fully saturated rings. The molecule has 8 aromatic rings. The van der Waals surface area contributed by atoms with E-state index in [4.69, 9.17) is 0 Å². The van der Waals surface area contributed by atoms with Crippen LogP contribution in [0.4, 0.5) is 0 Å². The predicted molar refractivity (Wildman–Crippen MR) is 278 cm³/mol. The van der Waals surface area contributed by atoms with Gasteiger partial charge in [-0.15, -0.1) is 90.7 Å². The van der Waals surface area contributed by atoms with Crippen LogP contribution in [0.15, 0.2) is 117 Å². The fourth-order valence-electron chi connectivity index (χ4n) is 7.83. The lowest BCUT2D eigenvalue weighted by molar-refractivity contribution is 0.613. The molecule has 0 spiro atoms. The van der Waals surface area contributed by atoms with E-state index in [9.17, 15) is 16.8 Å². The fraction of sp³-hybridized carbons (Fsp3) is 0.167. The van der Waals surface area contributed by atoms with Crippen LogP contribution >= 0.6 is 90.7 Å². The Morgan fingerprint density at radius 1 is 0.323 bits per heavy atom. The van der Waals surface area contributed by atoms with Crippen molar-refractivity contribution in [1.82, 2.24) is 0 Å². The second-order valence-corrected chi connectivity index (χ2v) is 26.9. The van der Waals surface area contributed by atoms with E-state index in [1.54, 1.807) is 90.7 Å². The van der Waals surface area contributed by atoms with Gasteiger partial charge in [0.05, 0.1) is 19.6 Å². The molecule has 14 heteroatoms. The molecular formula is C48H40O4S10. The lowest BCUT2D eigenvalue weighted by Gasteiger charge is -2.05. The maximum Gasteiger partial charge on any atom is 0.209 e. The summed E-state index contributed by atoms with van der Waals surface area (Å²) in [4.78, 5) is 14.5. The van der Waals surface area contributed by atoms with Crippen molar-refractivity contribution in [2.75, 3.05) is 0 Å². The maximum absolute atomic E-state index is 14.0. The number of hydrogen-bond donors (Lipinski definition) is 0. The van der Waals surface area contributed by atoms with Gasteiger partial charge in [-0.05, 0) is 182 Å². The first-order valence-corrected chi connectivity index (χ1v) is 29.3. The van der Waals surface area contributed by atoms with Crippen molar-refractivity contribution >= 4 is 130 Å². The predicted octanol–water partition coefficient (Wildman–Crippen LogP) is 16.9. The van der Waals surface area contributed by atoms with E-state index < -0.39 is 19.7 Å². The van der Waals surface area contributed by atoms with Crippen molar-refractivity contribution in [3.8, 4) is 39.0 Å². The van der Waals surface area contributed by atoms with Crippen molar-refractivity contribution in [1.29, 1.82) is 0 Å². The third kappa shape index (κ3) is 7.47. The highest BCUT2D eigenvalue weighted by Crippen LogP contribution is 2.53. The van der Waals surface area contributed by atoms with Gasteiger partial charge in [-0.1, -0.05) is 12.1 Å². The molecule has 4 nitrogen and oxygen atoms in total. The van der Waals surface area contributed by atoms with Gasteiger partial charge in [0, 0.05) is 58.5 Å². The molecular weight excluding hydrogens is 961 g/mol. The summed E-state index contributed by atoms with van der Waals surface area (Å²) in [5, 5.41) is 8.26. The molecule has 316 valence electrons. The van der Waals surface area contributed by atoms with Crippen LogP contribution in [0.2, 0.25) is 0 Å². The largest absolute Gasteiger partial charge is 0.218 e. The van der Waals surface area contributed by atoms with Crippen LogP contribution in [0.25, 0.3) is 58.6 Å². The molecule has 0 unspecified atom stereocenters. The Bertz CT molecular complexity index is 3180. The number of rotatable bonds is 8. The Morgan fingerprint density at radius 3 is 1.00 bits per heavy atom. The highest BCUT2D eigenvalue weighted by atomic mass is 32.2. The van der Waals surface area contributed by atoms with Crippen LogP contribution in [0, 0.1) is 27.7 Å². The number of thiophene rings is 8. The molecule has 0 atom stereocenters. The molecule has 0 saturated heterocycles. The van der Waals surface area contributed by atoms with E-state index in [2.05, 4.69) is 62.7 Å². The van der Waals surface area contributed by atoms with Crippen LogP contribution in [0.3, 0.4) is 0 Å². The minimum absolute atomic E-state index is 0.462. The monoisotopic (exact) mass is 1000 g/mol. The van der Waals surface area contributed by atoms with Gasteiger partial charge in [0.25, 0.3) is 0 Å². The average Bonchev–Trinajstić information content (AvgIpc) is 4.06. The summed E-state index contributed by atoms with van der Waals surface area (Å²) < 4.78 is 55.1. The number of aryl methyl sites for hydroxylation is 4. The van der Waals surface area contributed by atoms with Crippen molar-refractivity contribution in [2.45, 2.75) is 55.4 Å². The van der Waals surface area contributed by atoms with Crippen LogP contribution in [0.1, 0.15) is 69.5 Å². The van der Waals surface area contributed by atoms with Crippen molar-refractivity contribution in [2.24, 2.45) is 0 Å². The quantitative estimate of drug-likeness (QED) is 0.152. The van der Waals surface area contributed by atoms with Gasteiger partial charge >= 0.3 is 0 Å². The van der Waals surface area contributed by atoms with E-state index in [-0.39, 0.29) is 0 Å². The summed E-state index contributed by atoms with van der Waals surface area (Å²) in [7, 11) is -7.17. The van der Waals surface area contributed by atoms with Crippen molar-refractivity contribution in [3.05, 3.63) is 158 Å². The first kappa shape index (κ1) is 43.7. The molecule has 0 saturated carbocycles. The molecule has 10 rings (SSSR count). The van der Waals surface area contributed by atoms with Crippen LogP contribution in [-0.4, -0.2) is 16.8 Å². The molecule has 0 bridgehead atoms. The number of allylic oxidation sites excluding steroid dienone is 4. The molecule has 2 aliphatic heterocycles. The third-order valence-electron chi connectivity index (χ3n) is 11.2. The van der Waals surface area contributed by atoms with Crippen molar-refractivity contribution < 1.29 is 16.8 Å². The molecule has 10 heterocycles. The molecule has 8 aromatic heterocycles. The Labute approximate surface area is 395 Å². The molecule has 0 aliphatic carbocycles. The third-order valence-corrected chi connectivity index (χ3v) is 25.1. The minimum atomic E-state index is -3.61. The first-order chi connectivity index (χ1) is 29.6. The minimum Gasteiger partial charge on any atom is -0.218 e. The maximum atomic E-state index is 14.0. The first-order valence-electron chi connectivity index (χ1n) is 19.5. The second-order valence-electron chi connectivity index (χ2n) is 15.2. The van der Waals surface area contributed by atoms with Crippen LogP contribution < -0.4 is 0 Å². The normalized spacial score (nSPS) is 16.0. The molecule has 0 radical (unpaired) electrons. The second kappa shape index (κ2) is 16.8. The average molecular weight is 1000 g/mol. The summed E-state index contributed by atoms with van der Waals surface area (Å²) >= 11 is 13.0. The summed E-state index contributed by atoms with van der Waals surface area (Å²) in [6.45, 7) is 16.1. The lowest BCUT2D eigenvalue weighted by Crippen LogP contribution is -2.01. The van der Waals surface area contributed by atoms with Gasteiger partial charge in [-0.3, -0.25) is 0 Å². The SMILES string of the molecule is CC1=C(c2cc(C)c(-c3sccc3C)s2)S(=O)(=O)C(c2cc(C)c(-c3sccc3C)s2)=C1C.CC1=C(c2ccc(-c3cccs3)s2)S(=O)(=O)C(c2ccc(-c3cccs3)s2)=C1C. The zero-order chi connectivity index (χ0) is 43.8. The topological polar surface area (TPSA) is 68.3 Å². The van der Waals surface area contributed by atoms with Gasteiger partial charge in [0.15, 0.2) is 0 Å². The standard InChI is InChI=1S/C26H24O2S5.C22H16O2S5/c1-13-7-9-29-21(13)23-15(3)11-19(31-23)25-17(5)18(6)26(33(25,27)28)20-12-16(4)24(32-20)22-14(2)8-10-30-22;1-13-14(2)22(20-10-8-18(28-20)16-6-4-12-26-16)29(23,24)21(13)19-9-7-17(27-19)15-5-3-11-25-15/h7-12H,1-6H3;3-12H,1-2H3. The van der Waals surface area contributed by atoms with Gasteiger partial charge < -0.3 is 0 Å². The zero-order valence-electron chi connectivity index (χ0n) is 35.0. The van der Waals surface area contributed by atoms with Gasteiger partial charge in [-0.25, -0.2) is 16.8 Å². The molecule has 62 heavy (non-hydrogen) atoms. The van der Waals surface area contributed by atoms with E-state index in [0.29, 0.717) is 19.6 Å². The zero-order valence-corrected chi connectivity index (χ0v) is 43.1. The number of sulfone groups is 2. The molecule has 0 aromatic carbocycles.